The van der Waals surface area contributed by atoms with Gasteiger partial charge in [-0.2, -0.15) is 0 Å². The summed E-state index contributed by atoms with van der Waals surface area (Å²) in [4.78, 5) is 32.9. The number of carboxylic acids is 1. The van der Waals surface area contributed by atoms with Gasteiger partial charge in [0.2, 0.25) is 0 Å². The van der Waals surface area contributed by atoms with E-state index >= 15 is 0 Å². The summed E-state index contributed by atoms with van der Waals surface area (Å²) in [6, 6.07) is -1.49. The van der Waals surface area contributed by atoms with Gasteiger partial charge in [-0.25, -0.2) is 14.3 Å². The zero-order valence-electron chi connectivity index (χ0n) is 9.17. The molecule has 0 aliphatic rings. The first-order valence-corrected chi connectivity index (χ1v) is 4.63. The van der Waals surface area contributed by atoms with E-state index in [1.54, 1.807) is 0 Å². The van der Waals surface area contributed by atoms with Gasteiger partial charge < -0.3 is 10.4 Å². The number of carbonyl (C=O) groups excluding carboxylic acids is 2. The predicted octanol–water partition coefficient (Wildman–Crippen LogP) is -1.01. The molecule has 1 atom stereocenters. The molecule has 1 heterocycles. The van der Waals surface area contributed by atoms with Crippen LogP contribution in [0, 0.1) is 0 Å². The summed E-state index contributed by atoms with van der Waals surface area (Å²) in [5.74, 6) is -1.86. The Morgan fingerprint density at radius 2 is 2.12 bits per heavy atom. The maximum atomic E-state index is 11.5. The summed E-state index contributed by atoms with van der Waals surface area (Å²) in [5, 5.41) is 19.7. The van der Waals surface area contributed by atoms with Crippen LogP contribution < -0.4 is 10.6 Å². The van der Waals surface area contributed by atoms with E-state index in [1.165, 1.54) is 14.0 Å². The summed E-state index contributed by atoms with van der Waals surface area (Å²) in [7, 11) is 1.37. The van der Waals surface area contributed by atoms with E-state index in [4.69, 9.17) is 5.11 Å². The van der Waals surface area contributed by atoms with E-state index in [0.29, 0.717) is 0 Å². The molecule has 3 amide bonds. The Balaban J connectivity index is 2.74. The maximum absolute atomic E-state index is 11.5. The average Bonchev–Trinajstić information content (AvgIpc) is 2.77. The summed E-state index contributed by atoms with van der Waals surface area (Å²) in [6.45, 7) is 1.46. The highest BCUT2D eigenvalue weighted by molar-refractivity contribution is 5.96. The van der Waals surface area contributed by atoms with Crippen molar-refractivity contribution < 1.29 is 19.5 Å². The lowest BCUT2D eigenvalue weighted by molar-refractivity contribution is -0.123. The van der Waals surface area contributed by atoms with E-state index in [-0.39, 0.29) is 5.69 Å². The molecule has 9 nitrogen and oxygen atoms in total. The van der Waals surface area contributed by atoms with Gasteiger partial charge in [-0.15, -0.1) is 5.10 Å². The Morgan fingerprint density at radius 3 is 2.59 bits per heavy atom. The van der Waals surface area contributed by atoms with Gasteiger partial charge in [0.1, 0.15) is 6.04 Å². The molecule has 92 valence electrons. The highest BCUT2D eigenvalue weighted by Gasteiger charge is 2.19. The monoisotopic (exact) mass is 241 g/mol. The zero-order valence-corrected chi connectivity index (χ0v) is 9.17. The molecule has 0 saturated carbocycles. The molecule has 1 aromatic rings. The van der Waals surface area contributed by atoms with Gasteiger partial charge in [0.25, 0.3) is 5.91 Å². The molecule has 0 aromatic carbocycles. The van der Waals surface area contributed by atoms with Gasteiger partial charge in [-0.05, 0) is 6.92 Å². The molecule has 0 aliphatic heterocycles. The molecule has 0 fully saturated rings. The second kappa shape index (κ2) is 5.05. The predicted molar refractivity (Wildman–Crippen MR) is 54.3 cm³/mol. The number of amides is 3. The summed E-state index contributed by atoms with van der Waals surface area (Å²) >= 11 is 0. The van der Waals surface area contributed by atoms with Crippen molar-refractivity contribution in [2.24, 2.45) is 0 Å². The quantitative estimate of drug-likeness (QED) is 0.622. The van der Waals surface area contributed by atoms with Crippen LogP contribution in [-0.4, -0.2) is 45.1 Å². The van der Waals surface area contributed by atoms with Crippen molar-refractivity contribution in [3.8, 4) is 0 Å². The minimum absolute atomic E-state index is 0.274. The lowest BCUT2D eigenvalue weighted by Crippen LogP contribution is -2.40. The molecule has 0 bridgehead atoms. The van der Waals surface area contributed by atoms with Gasteiger partial charge in [0.05, 0.1) is 6.20 Å². The van der Waals surface area contributed by atoms with Crippen molar-refractivity contribution >= 4 is 17.9 Å². The van der Waals surface area contributed by atoms with Crippen LogP contribution in [0.2, 0.25) is 0 Å². The lowest BCUT2D eigenvalue weighted by Gasteiger charge is -2.10. The van der Waals surface area contributed by atoms with Crippen molar-refractivity contribution in [1.29, 1.82) is 0 Å². The molecular formula is C8H11N5O4. The third-order valence-corrected chi connectivity index (χ3v) is 1.97. The first kappa shape index (κ1) is 12.6. The summed E-state index contributed by atoms with van der Waals surface area (Å²) < 4.78 is 1.06. The molecule has 3 N–H and O–H groups in total. The van der Waals surface area contributed by atoms with Gasteiger partial charge >= 0.3 is 12.0 Å². The van der Waals surface area contributed by atoms with E-state index in [2.05, 4.69) is 15.6 Å². The molecule has 9 heteroatoms. The summed E-state index contributed by atoms with van der Waals surface area (Å²) in [6.07, 6.45) is 1.11. The standard InChI is InChI=1S/C8H11N5O4/c1-4(6(14)10-8(17)9-2)13-3-5(7(15)16)11-12-13/h3-4H,1-2H3,(H,15,16)(H2,9,10,14,17). The molecule has 17 heavy (non-hydrogen) atoms. The first-order valence-electron chi connectivity index (χ1n) is 4.63. The number of hydrogen-bond acceptors (Lipinski definition) is 5. The normalized spacial score (nSPS) is 11.6. The van der Waals surface area contributed by atoms with Gasteiger partial charge in [0.15, 0.2) is 5.69 Å². The third kappa shape index (κ3) is 3.00. The van der Waals surface area contributed by atoms with Crippen LogP contribution in [0.3, 0.4) is 0 Å². The van der Waals surface area contributed by atoms with Crippen molar-refractivity contribution in [2.75, 3.05) is 7.05 Å². The highest BCUT2D eigenvalue weighted by atomic mass is 16.4. The Morgan fingerprint density at radius 1 is 1.47 bits per heavy atom. The van der Waals surface area contributed by atoms with Crippen LogP contribution in [0.15, 0.2) is 6.20 Å². The molecule has 1 rings (SSSR count). The fourth-order valence-corrected chi connectivity index (χ4v) is 0.963. The maximum Gasteiger partial charge on any atom is 0.358 e. The number of nitrogens with zero attached hydrogens (tertiary/aromatic N) is 3. The van der Waals surface area contributed by atoms with Gasteiger partial charge in [0, 0.05) is 7.05 Å². The number of carbonyl (C=O) groups is 3. The summed E-state index contributed by atoms with van der Waals surface area (Å²) in [5.41, 5.74) is -0.274. The van der Waals surface area contributed by atoms with Crippen molar-refractivity contribution in [3.63, 3.8) is 0 Å². The van der Waals surface area contributed by atoms with Crippen molar-refractivity contribution in [3.05, 3.63) is 11.9 Å². The van der Waals surface area contributed by atoms with E-state index in [0.717, 1.165) is 10.9 Å². The Kier molecular flexibility index (Phi) is 3.75. The Hall–Kier alpha value is -2.45. The molecular weight excluding hydrogens is 230 g/mol. The fourth-order valence-electron chi connectivity index (χ4n) is 0.963. The average molecular weight is 241 g/mol. The Labute approximate surface area is 95.8 Å². The number of hydrogen-bond donors (Lipinski definition) is 3. The van der Waals surface area contributed by atoms with Crippen LogP contribution in [-0.2, 0) is 4.79 Å². The van der Waals surface area contributed by atoms with Gasteiger partial charge in [-0.3, -0.25) is 10.1 Å². The molecule has 1 unspecified atom stereocenters. The number of aromatic nitrogens is 3. The van der Waals surface area contributed by atoms with Crippen LogP contribution in [0.25, 0.3) is 0 Å². The van der Waals surface area contributed by atoms with E-state index in [1.807, 2.05) is 5.32 Å². The zero-order chi connectivity index (χ0) is 13.0. The minimum Gasteiger partial charge on any atom is -0.476 e. The van der Waals surface area contributed by atoms with Crippen LogP contribution in [0.5, 0.6) is 0 Å². The van der Waals surface area contributed by atoms with Crippen LogP contribution in [0.4, 0.5) is 4.79 Å². The number of rotatable bonds is 3. The number of carboxylic acid groups (broad SMARTS) is 1. The molecule has 0 radical (unpaired) electrons. The van der Waals surface area contributed by atoms with Crippen molar-refractivity contribution in [1.82, 2.24) is 25.6 Å². The molecule has 1 aromatic heterocycles. The fraction of sp³-hybridized carbons (Fsp3) is 0.375. The first-order chi connectivity index (χ1) is 7.95. The highest BCUT2D eigenvalue weighted by Crippen LogP contribution is 2.04. The van der Waals surface area contributed by atoms with Crippen LogP contribution >= 0.6 is 0 Å². The van der Waals surface area contributed by atoms with Gasteiger partial charge in [-0.1, -0.05) is 5.21 Å². The number of imide groups is 1. The van der Waals surface area contributed by atoms with E-state index in [9.17, 15) is 14.4 Å². The lowest BCUT2D eigenvalue weighted by atomic mass is 10.3. The molecule has 0 spiro atoms. The Bertz CT molecular complexity index is 455. The SMILES string of the molecule is CNC(=O)NC(=O)C(C)n1cc(C(=O)O)nn1. The second-order valence-electron chi connectivity index (χ2n) is 3.13. The topological polar surface area (TPSA) is 126 Å². The van der Waals surface area contributed by atoms with Crippen molar-refractivity contribution in [2.45, 2.75) is 13.0 Å². The number of aromatic carboxylic acids is 1. The van der Waals surface area contributed by atoms with Crippen LogP contribution in [0.1, 0.15) is 23.5 Å². The van der Waals surface area contributed by atoms with E-state index < -0.39 is 23.9 Å². The second-order valence-corrected chi connectivity index (χ2v) is 3.13. The smallest absolute Gasteiger partial charge is 0.358 e. The largest absolute Gasteiger partial charge is 0.476 e. The third-order valence-electron chi connectivity index (χ3n) is 1.97. The number of urea groups is 1. The molecule has 0 saturated heterocycles. The minimum atomic E-state index is -1.24. The molecule has 0 aliphatic carbocycles. The number of nitrogens with one attached hydrogen (secondary N) is 2.